The van der Waals surface area contributed by atoms with E-state index in [1.165, 1.54) is 0 Å². The summed E-state index contributed by atoms with van der Waals surface area (Å²) in [6.45, 7) is 2.70. The lowest BCUT2D eigenvalue weighted by atomic mass is 9.89. The molecular weight excluding hydrogens is 266 g/mol. The summed E-state index contributed by atoms with van der Waals surface area (Å²) in [7, 11) is 0. The van der Waals surface area contributed by atoms with E-state index < -0.39 is 0 Å². The zero-order chi connectivity index (χ0) is 15.0. The molecule has 1 aliphatic heterocycles. The topological polar surface area (TPSA) is 72.7 Å². The highest BCUT2D eigenvalue weighted by atomic mass is 16.3. The third-order valence-electron chi connectivity index (χ3n) is 4.11. The van der Waals surface area contributed by atoms with E-state index in [1.54, 1.807) is 18.2 Å². The van der Waals surface area contributed by atoms with E-state index in [0.717, 1.165) is 41.6 Å². The molecule has 21 heavy (non-hydrogen) atoms. The van der Waals surface area contributed by atoms with Crippen molar-refractivity contribution in [1.82, 2.24) is 5.32 Å². The van der Waals surface area contributed by atoms with Gasteiger partial charge in [-0.1, -0.05) is 12.1 Å². The number of aromatic hydroxyl groups is 3. The number of hydrogen-bond acceptors (Lipinski definition) is 4. The molecule has 1 atom stereocenters. The maximum atomic E-state index is 9.81. The Balaban J connectivity index is 1.91. The van der Waals surface area contributed by atoms with Crippen LogP contribution >= 0.6 is 0 Å². The zero-order valence-corrected chi connectivity index (χ0v) is 11.9. The maximum absolute atomic E-state index is 9.81. The molecule has 1 unspecified atom stereocenters. The number of nitrogens with one attached hydrogen (secondary N) is 1. The van der Waals surface area contributed by atoms with Crippen LogP contribution in [0.25, 0.3) is 0 Å². The predicted octanol–water partition coefficient (Wildman–Crippen LogP) is 2.54. The highest BCUT2D eigenvalue weighted by molar-refractivity contribution is 5.48. The van der Waals surface area contributed by atoms with E-state index in [2.05, 4.69) is 5.32 Å². The Morgan fingerprint density at radius 3 is 2.57 bits per heavy atom. The lowest BCUT2D eigenvalue weighted by molar-refractivity contribution is 0.398. The summed E-state index contributed by atoms with van der Waals surface area (Å²) in [6, 6.07) is 9.04. The van der Waals surface area contributed by atoms with Crippen molar-refractivity contribution in [1.29, 1.82) is 0 Å². The molecule has 0 aliphatic carbocycles. The van der Waals surface area contributed by atoms with E-state index in [4.69, 9.17) is 0 Å². The Morgan fingerprint density at radius 1 is 1.05 bits per heavy atom. The van der Waals surface area contributed by atoms with Gasteiger partial charge in [-0.15, -0.1) is 0 Å². The quantitative estimate of drug-likeness (QED) is 0.640. The van der Waals surface area contributed by atoms with Crippen molar-refractivity contribution < 1.29 is 15.3 Å². The minimum atomic E-state index is -0.0887. The largest absolute Gasteiger partial charge is 0.508 e. The summed E-state index contributed by atoms with van der Waals surface area (Å²) < 4.78 is 0. The molecule has 2 aromatic rings. The van der Waals surface area contributed by atoms with Gasteiger partial charge in [-0.25, -0.2) is 0 Å². The Morgan fingerprint density at radius 2 is 1.81 bits per heavy atom. The molecule has 110 valence electrons. The van der Waals surface area contributed by atoms with Crippen LogP contribution in [0.1, 0.15) is 28.3 Å². The molecule has 0 aromatic heterocycles. The second kappa shape index (κ2) is 5.30. The first-order valence-corrected chi connectivity index (χ1v) is 7.11. The highest BCUT2D eigenvalue weighted by Crippen LogP contribution is 2.35. The Hall–Kier alpha value is -2.20. The van der Waals surface area contributed by atoms with Crippen LogP contribution in [-0.4, -0.2) is 21.9 Å². The van der Waals surface area contributed by atoms with E-state index in [9.17, 15) is 15.3 Å². The van der Waals surface area contributed by atoms with E-state index in [0.29, 0.717) is 5.75 Å². The second-order valence-corrected chi connectivity index (χ2v) is 5.62. The third-order valence-corrected chi connectivity index (χ3v) is 4.11. The van der Waals surface area contributed by atoms with Gasteiger partial charge in [0.05, 0.1) is 0 Å². The maximum Gasteiger partial charge on any atom is 0.157 e. The molecule has 4 N–H and O–H groups in total. The molecule has 1 aliphatic rings. The van der Waals surface area contributed by atoms with Crippen LogP contribution in [0.2, 0.25) is 0 Å². The zero-order valence-electron chi connectivity index (χ0n) is 11.9. The molecule has 4 nitrogen and oxygen atoms in total. The van der Waals surface area contributed by atoms with Gasteiger partial charge in [0.2, 0.25) is 0 Å². The second-order valence-electron chi connectivity index (χ2n) is 5.62. The molecule has 0 amide bonds. The lowest BCUT2D eigenvalue weighted by Gasteiger charge is -2.27. The van der Waals surface area contributed by atoms with Crippen molar-refractivity contribution in [3.63, 3.8) is 0 Å². The standard InChI is InChI=1S/C17H19NO3/c1-10-2-3-11(7-15(10)19)6-14-13-9-17(21)16(20)8-12(13)4-5-18-14/h2-3,7-9,14,18-21H,4-6H2,1H3. The van der Waals surface area contributed by atoms with Gasteiger partial charge in [-0.2, -0.15) is 0 Å². The van der Waals surface area contributed by atoms with Crippen LogP contribution in [0.15, 0.2) is 30.3 Å². The van der Waals surface area contributed by atoms with E-state index >= 15 is 0 Å². The molecule has 3 rings (SSSR count). The van der Waals surface area contributed by atoms with Crippen LogP contribution in [0, 0.1) is 6.92 Å². The number of rotatable bonds is 2. The monoisotopic (exact) mass is 285 g/mol. The number of benzene rings is 2. The number of phenols is 3. The minimum absolute atomic E-state index is 0.0672. The van der Waals surface area contributed by atoms with Crippen molar-refractivity contribution in [3.05, 3.63) is 52.6 Å². The third kappa shape index (κ3) is 2.67. The van der Waals surface area contributed by atoms with Crippen LogP contribution < -0.4 is 5.32 Å². The average molecular weight is 285 g/mol. The van der Waals surface area contributed by atoms with Crippen LogP contribution in [0.4, 0.5) is 0 Å². The predicted molar refractivity (Wildman–Crippen MR) is 80.8 cm³/mol. The fourth-order valence-electron chi connectivity index (χ4n) is 2.87. The number of fused-ring (bicyclic) bond motifs is 1. The summed E-state index contributed by atoms with van der Waals surface area (Å²) >= 11 is 0. The summed E-state index contributed by atoms with van der Waals surface area (Å²) in [5.74, 6) is 0.147. The van der Waals surface area contributed by atoms with Gasteiger partial charge >= 0.3 is 0 Å². The molecule has 0 saturated heterocycles. The number of hydrogen-bond donors (Lipinski definition) is 4. The molecule has 0 saturated carbocycles. The number of aryl methyl sites for hydroxylation is 1. The van der Waals surface area contributed by atoms with Crippen molar-refractivity contribution in [2.45, 2.75) is 25.8 Å². The van der Waals surface area contributed by atoms with Gasteiger partial charge in [0.15, 0.2) is 11.5 Å². The Labute approximate surface area is 123 Å². The number of phenolic OH excluding ortho intramolecular Hbond substituents is 3. The van der Waals surface area contributed by atoms with Crippen LogP contribution in [0.3, 0.4) is 0 Å². The fourth-order valence-corrected chi connectivity index (χ4v) is 2.87. The van der Waals surface area contributed by atoms with Crippen LogP contribution in [-0.2, 0) is 12.8 Å². The average Bonchev–Trinajstić information content (AvgIpc) is 2.45. The van der Waals surface area contributed by atoms with Crippen molar-refractivity contribution >= 4 is 0 Å². The molecule has 1 heterocycles. The Kier molecular flexibility index (Phi) is 3.47. The Bertz CT molecular complexity index is 682. The smallest absolute Gasteiger partial charge is 0.157 e. The summed E-state index contributed by atoms with van der Waals surface area (Å²) in [5.41, 5.74) is 3.97. The molecule has 2 aromatic carbocycles. The van der Waals surface area contributed by atoms with Gasteiger partial charge in [-0.05, 0) is 66.8 Å². The molecule has 0 fully saturated rings. The van der Waals surface area contributed by atoms with Gasteiger partial charge in [-0.3, -0.25) is 0 Å². The molecule has 0 radical (unpaired) electrons. The first-order valence-electron chi connectivity index (χ1n) is 7.11. The summed E-state index contributed by atoms with van der Waals surface area (Å²) in [5, 5.41) is 32.6. The SMILES string of the molecule is Cc1ccc(CC2NCCc3cc(O)c(O)cc32)cc1O. The van der Waals surface area contributed by atoms with Gasteiger partial charge in [0.25, 0.3) is 0 Å². The first kappa shape index (κ1) is 13.8. The summed E-state index contributed by atoms with van der Waals surface area (Å²) in [4.78, 5) is 0. The van der Waals surface area contributed by atoms with Gasteiger partial charge in [0.1, 0.15) is 5.75 Å². The first-order chi connectivity index (χ1) is 10.0. The van der Waals surface area contributed by atoms with E-state index in [-0.39, 0.29) is 17.5 Å². The fraction of sp³-hybridized carbons (Fsp3) is 0.294. The van der Waals surface area contributed by atoms with Gasteiger partial charge < -0.3 is 20.6 Å². The minimum Gasteiger partial charge on any atom is -0.508 e. The van der Waals surface area contributed by atoms with Crippen LogP contribution in [0.5, 0.6) is 17.2 Å². The molecule has 0 bridgehead atoms. The molecular formula is C17H19NO3. The van der Waals surface area contributed by atoms with E-state index in [1.807, 2.05) is 19.1 Å². The normalized spacial score (nSPS) is 17.5. The van der Waals surface area contributed by atoms with Gasteiger partial charge in [0, 0.05) is 6.04 Å². The van der Waals surface area contributed by atoms with Crippen molar-refractivity contribution in [2.24, 2.45) is 0 Å². The highest BCUT2D eigenvalue weighted by Gasteiger charge is 2.22. The van der Waals surface area contributed by atoms with Crippen molar-refractivity contribution in [3.8, 4) is 17.2 Å². The van der Waals surface area contributed by atoms with Crippen molar-refractivity contribution in [2.75, 3.05) is 6.54 Å². The summed E-state index contributed by atoms with van der Waals surface area (Å²) in [6.07, 6.45) is 1.56. The lowest BCUT2D eigenvalue weighted by Crippen LogP contribution is -2.31. The molecule has 0 spiro atoms. The molecule has 4 heteroatoms.